The predicted molar refractivity (Wildman–Crippen MR) is 104 cm³/mol. The molecule has 2 aromatic rings. The summed E-state index contributed by atoms with van der Waals surface area (Å²) >= 11 is 0. The predicted octanol–water partition coefficient (Wildman–Crippen LogP) is 1.71. The molecule has 1 aromatic heterocycles. The number of hydrogen-bond acceptors (Lipinski definition) is 8. The molecule has 0 atom stereocenters. The molecule has 0 spiro atoms. The van der Waals surface area contributed by atoms with E-state index in [0.717, 1.165) is 44.2 Å². The van der Waals surface area contributed by atoms with Gasteiger partial charge in [0.25, 0.3) is 0 Å². The van der Waals surface area contributed by atoms with E-state index in [4.69, 9.17) is 9.47 Å². The van der Waals surface area contributed by atoms with Crippen molar-refractivity contribution in [3.63, 3.8) is 0 Å². The van der Waals surface area contributed by atoms with Gasteiger partial charge in [0, 0.05) is 32.7 Å². The standard InChI is InChI=1S/C19H24N4O4S/c1-14(2)28(24,25)19-6-5-18(20-21-19)23-9-7-22(8-10-23)12-15-3-4-16-17(11-15)27-13-26-16/h3-6,11,14H,7-10,12-13H2,1-2H3. The van der Waals surface area contributed by atoms with Crippen LogP contribution in [0.25, 0.3) is 0 Å². The molecule has 0 N–H and O–H groups in total. The molecule has 0 saturated carbocycles. The second-order valence-electron chi connectivity index (χ2n) is 7.27. The highest BCUT2D eigenvalue weighted by atomic mass is 32.2. The zero-order valence-electron chi connectivity index (χ0n) is 16.0. The molecule has 0 bridgehead atoms. The number of piperazine rings is 1. The maximum absolute atomic E-state index is 12.2. The number of rotatable bonds is 5. The second kappa shape index (κ2) is 7.56. The van der Waals surface area contributed by atoms with Crippen LogP contribution in [-0.4, -0.2) is 61.7 Å². The Balaban J connectivity index is 1.35. The van der Waals surface area contributed by atoms with Crippen LogP contribution < -0.4 is 14.4 Å². The quantitative estimate of drug-likeness (QED) is 0.745. The molecule has 1 aromatic carbocycles. The van der Waals surface area contributed by atoms with Gasteiger partial charge >= 0.3 is 0 Å². The van der Waals surface area contributed by atoms with Crippen molar-refractivity contribution >= 4 is 15.7 Å². The van der Waals surface area contributed by atoms with E-state index in [1.807, 2.05) is 12.1 Å². The number of sulfone groups is 1. The average Bonchev–Trinajstić information content (AvgIpc) is 3.16. The van der Waals surface area contributed by atoms with Crippen LogP contribution in [0.2, 0.25) is 0 Å². The fraction of sp³-hybridized carbons (Fsp3) is 0.474. The topological polar surface area (TPSA) is 84.9 Å². The van der Waals surface area contributed by atoms with Crippen LogP contribution in [0.1, 0.15) is 19.4 Å². The lowest BCUT2D eigenvalue weighted by Crippen LogP contribution is -2.46. The number of aromatic nitrogens is 2. The molecule has 8 nitrogen and oxygen atoms in total. The van der Waals surface area contributed by atoms with Crippen molar-refractivity contribution in [2.24, 2.45) is 0 Å². The maximum atomic E-state index is 12.2. The fourth-order valence-corrected chi connectivity index (χ4v) is 4.20. The Labute approximate surface area is 165 Å². The number of nitrogens with zero attached hydrogens (tertiary/aromatic N) is 4. The van der Waals surface area contributed by atoms with E-state index in [1.54, 1.807) is 26.0 Å². The van der Waals surface area contributed by atoms with E-state index in [9.17, 15) is 8.42 Å². The first-order chi connectivity index (χ1) is 13.4. The van der Waals surface area contributed by atoms with E-state index in [2.05, 4.69) is 26.1 Å². The smallest absolute Gasteiger partial charge is 0.231 e. The minimum Gasteiger partial charge on any atom is -0.454 e. The van der Waals surface area contributed by atoms with Crippen molar-refractivity contribution in [3.05, 3.63) is 35.9 Å². The number of hydrogen-bond donors (Lipinski definition) is 0. The first-order valence-corrected chi connectivity index (χ1v) is 10.9. The Morgan fingerprint density at radius 1 is 1.00 bits per heavy atom. The van der Waals surface area contributed by atoms with Gasteiger partial charge in [-0.3, -0.25) is 4.90 Å². The molecule has 28 heavy (non-hydrogen) atoms. The molecule has 3 heterocycles. The molecule has 0 amide bonds. The highest BCUT2D eigenvalue weighted by molar-refractivity contribution is 7.91. The van der Waals surface area contributed by atoms with E-state index in [1.165, 1.54) is 5.56 Å². The lowest BCUT2D eigenvalue weighted by atomic mass is 10.1. The van der Waals surface area contributed by atoms with Crippen LogP contribution in [-0.2, 0) is 16.4 Å². The normalized spacial score (nSPS) is 17.3. The second-order valence-corrected chi connectivity index (χ2v) is 9.73. The summed E-state index contributed by atoms with van der Waals surface area (Å²) in [5.74, 6) is 2.32. The van der Waals surface area contributed by atoms with Gasteiger partial charge in [0.2, 0.25) is 6.79 Å². The minimum absolute atomic E-state index is 0.0349. The van der Waals surface area contributed by atoms with Gasteiger partial charge in [-0.25, -0.2) is 8.42 Å². The lowest BCUT2D eigenvalue weighted by Gasteiger charge is -2.35. The molecule has 2 aliphatic heterocycles. The van der Waals surface area contributed by atoms with Gasteiger partial charge in [0.15, 0.2) is 32.2 Å². The number of benzene rings is 1. The van der Waals surface area contributed by atoms with Crippen molar-refractivity contribution in [3.8, 4) is 11.5 Å². The van der Waals surface area contributed by atoms with Crippen LogP contribution in [0, 0.1) is 0 Å². The SMILES string of the molecule is CC(C)S(=O)(=O)c1ccc(N2CCN(Cc3ccc4c(c3)OCO4)CC2)nn1. The van der Waals surface area contributed by atoms with Gasteiger partial charge in [-0.15, -0.1) is 10.2 Å². The third kappa shape index (κ3) is 3.77. The van der Waals surface area contributed by atoms with Crippen LogP contribution in [0.3, 0.4) is 0 Å². The van der Waals surface area contributed by atoms with Gasteiger partial charge in [-0.2, -0.15) is 0 Å². The monoisotopic (exact) mass is 404 g/mol. The zero-order valence-corrected chi connectivity index (χ0v) is 16.9. The number of fused-ring (bicyclic) bond motifs is 1. The van der Waals surface area contributed by atoms with Gasteiger partial charge in [0.05, 0.1) is 5.25 Å². The molecule has 2 aliphatic rings. The average molecular weight is 404 g/mol. The maximum Gasteiger partial charge on any atom is 0.231 e. The fourth-order valence-electron chi connectivity index (χ4n) is 3.31. The van der Waals surface area contributed by atoms with E-state index < -0.39 is 15.1 Å². The van der Waals surface area contributed by atoms with E-state index >= 15 is 0 Å². The van der Waals surface area contributed by atoms with Gasteiger partial charge in [-0.05, 0) is 43.7 Å². The van der Waals surface area contributed by atoms with Crippen LogP contribution in [0.15, 0.2) is 35.4 Å². The van der Waals surface area contributed by atoms with Crippen LogP contribution in [0.4, 0.5) is 5.82 Å². The number of anilines is 1. The molecule has 1 saturated heterocycles. The molecule has 4 rings (SSSR count). The Morgan fingerprint density at radius 2 is 1.75 bits per heavy atom. The molecule has 0 aliphatic carbocycles. The summed E-state index contributed by atoms with van der Waals surface area (Å²) < 4.78 is 35.1. The molecule has 0 radical (unpaired) electrons. The number of ether oxygens (including phenoxy) is 2. The third-order valence-electron chi connectivity index (χ3n) is 5.08. The minimum atomic E-state index is -3.39. The Morgan fingerprint density at radius 3 is 2.43 bits per heavy atom. The highest BCUT2D eigenvalue weighted by Gasteiger charge is 2.23. The lowest BCUT2D eigenvalue weighted by molar-refractivity contribution is 0.174. The Bertz CT molecular complexity index is 939. The summed E-state index contributed by atoms with van der Waals surface area (Å²) in [7, 11) is -3.39. The highest BCUT2D eigenvalue weighted by Crippen LogP contribution is 2.32. The van der Waals surface area contributed by atoms with Crippen molar-refractivity contribution in [2.75, 3.05) is 37.9 Å². The van der Waals surface area contributed by atoms with Crippen molar-refractivity contribution in [2.45, 2.75) is 30.7 Å². The molecule has 1 fully saturated rings. The third-order valence-corrected chi connectivity index (χ3v) is 7.12. The van der Waals surface area contributed by atoms with Crippen LogP contribution >= 0.6 is 0 Å². The zero-order chi connectivity index (χ0) is 19.7. The summed E-state index contributed by atoms with van der Waals surface area (Å²) in [5.41, 5.74) is 1.20. The summed E-state index contributed by atoms with van der Waals surface area (Å²) in [5, 5.41) is 7.62. The Hall–Kier alpha value is -2.39. The molecular weight excluding hydrogens is 380 g/mol. The van der Waals surface area contributed by atoms with E-state index in [0.29, 0.717) is 5.82 Å². The summed E-state index contributed by atoms with van der Waals surface area (Å²) in [4.78, 5) is 4.51. The van der Waals surface area contributed by atoms with Crippen molar-refractivity contribution < 1.29 is 17.9 Å². The summed E-state index contributed by atoms with van der Waals surface area (Å²) in [6.07, 6.45) is 0. The summed E-state index contributed by atoms with van der Waals surface area (Å²) in [6, 6.07) is 9.36. The summed E-state index contributed by atoms with van der Waals surface area (Å²) in [6.45, 7) is 7.83. The van der Waals surface area contributed by atoms with Gasteiger partial charge < -0.3 is 14.4 Å². The molecular formula is C19H24N4O4S. The molecule has 9 heteroatoms. The van der Waals surface area contributed by atoms with Crippen LogP contribution in [0.5, 0.6) is 11.5 Å². The van der Waals surface area contributed by atoms with Crippen molar-refractivity contribution in [1.29, 1.82) is 0 Å². The first kappa shape index (κ1) is 18.9. The molecule has 0 unspecified atom stereocenters. The Kier molecular flexibility index (Phi) is 5.11. The van der Waals surface area contributed by atoms with Gasteiger partial charge in [0.1, 0.15) is 0 Å². The molecule has 150 valence electrons. The van der Waals surface area contributed by atoms with Crippen molar-refractivity contribution in [1.82, 2.24) is 15.1 Å². The van der Waals surface area contributed by atoms with Gasteiger partial charge in [-0.1, -0.05) is 6.07 Å². The first-order valence-electron chi connectivity index (χ1n) is 9.37. The van der Waals surface area contributed by atoms with E-state index in [-0.39, 0.29) is 11.8 Å². The largest absolute Gasteiger partial charge is 0.454 e.